The van der Waals surface area contributed by atoms with Gasteiger partial charge in [-0.25, -0.2) is 0 Å². The van der Waals surface area contributed by atoms with Gasteiger partial charge in [-0.2, -0.15) is 0 Å². The van der Waals surface area contributed by atoms with Crippen LogP contribution in [0.1, 0.15) is 67.4 Å². The molecule has 2 aromatic carbocycles. The molecule has 0 aliphatic heterocycles. The van der Waals surface area contributed by atoms with Crippen LogP contribution in [0.2, 0.25) is 0 Å². The lowest BCUT2D eigenvalue weighted by Gasteiger charge is -2.07. The van der Waals surface area contributed by atoms with E-state index in [0.717, 1.165) is 19.3 Å². The minimum atomic E-state index is -0.559. The third-order valence-electron chi connectivity index (χ3n) is 4.91. The second-order valence-corrected chi connectivity index (χ2v) is 7.34. The number of aryl methyl sites for hydroxylation is 2. The SMILES string of the molecule is CCCCCc1ccc(C(=O)CCC(=O)OCC(=O)Nc2ccc(CC)cc2)cc1. The van der Waals surface area contributed by atoms with Crippen LogP contribution >= 0.6 is 0 Å². The number of ketones is 1. The monoisotopic (exact) mass is 409 g/mol. The summed E-state index contributed by atoms with van der Waals surface area (Å²) in [7, 11) is 0. The molecule has 1 N–H and O–H groups in total. The first-order chi connectivity index (χ1) is 14.5. The van der Waals surface area contributed by atoms with Gasteiger partial charge in [-0.1, -0.05) is 63.1 Å². The molecule has 160 valence electrons. The van der Waals surface area contributed by atoms with E-state index in [-0.39, 0.29) is 25.2 Å². The number of hydrogen-bond donors (Lipinski definition) is 1. The molecule has 2 rings (SSSR count). The van der Waals surface area contributed by atoms with Gasteiger partial charge < -0.3 is 10.1 Å². The van der Waals surface area contributed by atoms with Gasteiger partial charge in [-0.05, 0) is 42.5 Å². The van der Waals surface area contributed by atoms with Crippen LogP contribution in [0.15, 0.2) is 48.5 Å². The molecule has 0 atom stereocenters. The Hall–Kier alpha value is -2.95. The van der Waals surface area contributed by atoms with E-state index in [0.29, 0.717) is 11.3 Å². The molecule has 0 radical (unpaired) electrons. The average molecular weight is 410 g/mol. The summed E-state index contributed by atoms with van der Waals surface area (Å²) in [6, 6.07) is 15.1. The summed E-state index contributed by atoms with van der Waals surface area (Å²) in [5, 5.41) is 2.68. The van der Waals surface area contributed by atoms with Crippen molar-refractivity contribution in [2.75, 3.05) is 11.9 Å². The third-order valence-corrected chi connectivity index (χ3v) is 4.91. The fourth-order valence-electron chi connectivity index (χ4n) is 3.04. The minimum Gasteiger partial charge on any atom is -0.456 e. The molecule has 0 spiro atoms. The van der Waals surface area contributed by atoms with E-state index in [1.54, 1.807) is 0 Å². The van der Waals surface area contributed by atoms with Crippen molar-refractivity contribution in [3.05, 3.63) is 65.2 Å². The highest BCUT2D eigenvalue weighted by atomic mass is 16.5. The molecule has 2 aromatic rings. The van der Waals surface area contributed by atoms with E-state index in [2.05, 4.69) is 19.2 Å². The van der Waals surface area contributed by atoms with Crippen LogP contribution in [0.4, 0.5) is 5.69 Å². The largest absolute Gasteiger partial charge is 0.456 e. The average Bonchev–Trinajstić information content (AvgIpc) is 2.77. The number of rotatable bonds is 12. The van der Waals surface area contributed by atoms with Crippen molar-refractivity contribution < 1.29 is 19.1 Å². The lowest BCUT2D eigenvalue weighted by Crippen LogP contribution is -2.21. The van der Waals surface area contributed by atoms with Gasteiger partial charge in [-0.3, -0.25) is 14.4 Å². The zero-order valence-electron chi connectivity index (χ0n) is 17.9. The van der Waals surface area contributed by atoms with Crippen LogP contribution in [0, 0.1) is 0 Å². The predicted octanol–water partition coefficient (Wildman–Crippen LogP) is 5.13. The molecule has 0 aliphatic rings. The molecule has 5 nitrogen and oxygen atoms in total. The lowest BCUT2D eigenvalue weighted by atomic mass is 10.0. The molecule has 0 aromatic heterocycles. The summed E-state index contributed by atoms with van der Waals surface area (Å²) >= 11 is 0. The summed E-state index contributed by atoms with van der Waals surface area (Å²) in [6.07, 6.45) is 5.48. The first-order valence-electron chi connectivity index (χ1n) is 10.7. The summed E-state index contributed by atoms with van der Waals surface area (Å²) in [4.78, 5) is 36.0. The fraction of sp³-hybridized carbons (Fsp3) is 0.400. The Morgan fingerprint density at radius 3 is 2.13 bits per heavy atom. The van der Waals surface area contributed by atoms with Gasteiger partial charge in [-0.15, -0.1) is 0 Å². The zero-order chi connectivity index (χ0) is 21.8. The number of ether oxygens (including phenoxy) is 1. The molecule has 0 bridgehead atoms. The maximum Gasteiger partial charge on any atom is 0.306 e. The van der Waals surface area contributed by atoms with Crippen molar-refractivity contribution in [3.8, 4) is 0 Å². The predicted molar refractivity (Wildman–Crippen MR) is 119 cm³/mol. The Kier molecular flexibility index (Phi) is 9.78. The molecule has 30 heavy (non-hydrogen) atoms. The van der Waals surface area contributed by atoms with Gasteiger partial charge >= 0.3 is 5.97 Å². The third kappa shape index (κ3) is 8.19. The first kappa shape index (κ1) is 23.3. The molecular weight excluding hydrogens is 378 g/mol. The Balaban J connectivity index is 1.69. The second kappa shape index (κ2) is 12.6. The Labute approximate surface area is 178 Å². The zero-order valence-corrected chi connectivity index (χ0v) is 17.9. The van der Waals surface area contributed by atoms with Crippen molar-refractivity contribution >= 4 is 23.3 Å². The van der Waals surface area contributed by atoms with E-state index >= 15 is 0 Å². The number of Topliss-reactive ketones (excluding diaryl/α,β-unsaturated/α-hetero) is 1. The van der Waals surface area contributed by atoms with Gasteiger partial charge in [0.1, 0.15) is 0 Å². The van der Waals surface area contributed by atoms with Crippen LogP contribution in [-0.2, 0) is 27.2 Å². The summed E-state index contributed by atoms with van der Waals surface area (Å²) in [5.74, 6) is -1.07. The maximum absolute atomic E-state index is 12.3. The van der Waals surface area contributed by atoms with E-state index in [1.807, 2.05) is 48.5 Å². The van der Waals surface area contributed by atoms with Gasteiger partial charge in [0.05, 0.1) is 6.42 Å². The molecule has 0 heterocycles. The Morgan fingerprint density at radius 2 is 1.50 bits per heavy atom. The van der Waals surface area contributed by atoms with E-state index in [1.165, 1.54) is 24.0 Å². The number of nitrogens with one attached hydrogen (secondary N) is 1. The molecule has 0 saturated heterocycles. The van der Waals surface area contributed by atoms with Gasteiger partial charge in [0, 0.05) is 17.7 Å². The van der Waals surface area contributed by atoms with Gasteiger partial charge in [0.25, 0.3) is 5.91 Å². The smallest absolute Gasteiger partial charge is 0.306 e. The quantitative estimate of drug-likeness (QED) is 0.300. The van der Waals surface area contributed by atoms with Crippen molar-refractivity contribution in [1.82, 2.24) is 0 Å². The summed E-state index contributed by atoms with van der Waals surface area (Å²) in [5.41, 5.74) is 3.64. The van der Waals surface area contributed by atoms with Crippen molar-refractivity contribution in [3.63, 3.8) is 0 Å². The number of unbranched alkanes of at least 4 members (excludes halogenated alkanes) is 2. The minimum absolute atomic E-state index is 0.0461. The fourth-order valence-corrected chi connectivity index (χ4v) is 3.04. The highest BCUT2D eigenvalue weighted by molar-refractivity contribution is 5.98. The van der Waals surface area contributed by atoms with Crippen molar-refractivity contribution in [2.24, 2.45) is 0 Å². The number of amides is 1. The summed E-state index contributed by atoms with van der Waals surface area (Å²) in [6.45, 7) is 3.86. The first-order valence-corrected chi connectivity index (χ1v) is 10.7. The molecule has 5 heteroatoms. The number of hydrogen-bond acceptors (Lipinski definition) is 4. The number of benzene rings is 2. The van der Waals surface area contributed by atoms with Gasteiger partial charge in [0.2, 0.25) is 0 Å². The molecule has 0 fully saturated rings. The van der Waals surface area contributed by atoms with Gasteiger partial charge in [0.15, 0.2) is 12.4 Å². The van der Waals surface area contributed by atoms with E-state index in [9.17, 15) is 14.4 Å². The van der Waals surface area contributed by atoms with Crippen LogP contribution < -0.4 is 5.32 Å². The highest BCUT2D eigenvalue weighted by Crippen LogP contribution is 2.12. The Morgan fingerprint density at radius 1 is 0.833 bits per heavy atom. The van der Waals surface area contributed by atoms with Crippen LogP contribution in [-0.4, -0.2) is 24.3 Å². The Bertz CT molecular complexity index is 825. The second-order valence-electron chi connectivity index (χ2n) is 7.34. The van der Waals surface area contributed by atoms with Crippen LogP contribution in [0.5, 0.6) is 0 Å². The topological polar surface area (TPSA) is 72.5 Å². The molecule has 0 saturated carbocycles. The number of anilines is 1. The standard InChI is InChI=1S/C25H31NO4/c1-3-5-6-7-20-8-12-21(13-9-20)23(27)16-17-25(29)30-18-24(28)26-22-14-10-19(4-2)11-15-22/h8-15H,3-7,16-18H2,1-2H3,(H,26,28). The van der Waals surface area contributed by atoms with E-state index < -0.39 is 11.9 Å². The molecular formula is C25H31NO4. The van der Waals surface area contributed by atoms with Crippen LogP contribution in [0.3, 0.4) is 0 Å². The summed E-state index contributed by atoms with van der Waals surface area (Å²) < 4.78 is 4.98. The van der Waals surface area contributed by atoms with Crippen LogP contribution in [0.25, 0.3) is 0 Å². The highest BCUT2D eigenvalue weighted by Gasteiger charge is 2.12. The lowest BCUT2D eigenvalue weighted by molar-refractivity contribution is -0.147. The number of esters is 1. The number of carbonyl (C=O) groups excluding carboxylic acids is 3. The normalized spacial score (nSPS) is 10.5. The molecule has 1 amide bonds. The van der Waals surface area contributed by atoms with Crippen molar-refractivity contribution in [1.29, 1.82) is 0 Å². The molecule has 0 aliphatic carbocycles. The number of carbonyl (C=O) groups is 3. The molecule has 0 unspecified atom stereocenters. The van der Waals surface area contributed by atoms with E-state index in [4.69, 9.17) is 4.74 Å². The van der Waals surface area contributed by atoms with Crippen molar-refractivity contribution in [2.45, 2.75) is 58.8 Å². The maximum atomic E-state index is 12.3.